The van der Waals surface area contributed by atoms with E-state index in [1.807, 2.05) is 6.92 Å². The molecule has 1 aliphatic heterocycles. The van der Waals surface area contributed by atoms with Gasteiger partial charge in [-0.3, -0.25) is 9.10 Å². The molecular formula is C19H22N2O5S. The molecule has 27 heavy (non-hydrogen) atoms. The number of anilines is 2. The molecule has 0 bridgehead atoms. The summed E-state index contributed by atoms with van der Waals surface area (Å²) in [6.07, 6.45) is -0.951. The summed E-state index contributed by atoms with van der Waals surface area (Å²) >= 11 is 0. The van der Waals surface area contributed by atoms with Crippen LogP contribution in [0.15, 0.2) is 48.5 Å². The van der Waals surface area contributed by atoms with Gasteiger partial charge in [-0.2, -0.15) is 0 Å². The molecule has 1 heterocycles. The number of benzene rings is 2. The molecular weight excluding hydrogens is 368 g/mol. The molecule has 1 atom stereocenters. The largest absolute Gasteiger partial charge is 0.494 e. The minimum absolute atomic E-state index is 0.0609. The van der Waals surface area contributed by atoms with E-state index in [1.54, 1.807) is 55.5 Å². The molecule has 1 aliphatic rings. The van der Waals surface area contributed by atoms with Gasteiger partial charge in [0.15, 0.2) is 6.10 Å². The summed E-state index contributed by atoms with van der Waals surface area (Å²) in [6.45, 7) is 3.95. The third-order valence-electron chi connectivity index (χ3n) is 4.16. The van der Waals surface area contributed by atoms with E-state index in [9.17, 15) is 13.2 Å². The van der Waals surface area contributed by atoms with Crippen molar-refractivity contribution in [1.82, 2.24) is 0 Å². The van der Waals surface area contributed by atoms with Crippen molar-refractivity contribution >= 4 is 27.3 Å². The Hall–Kier alpha value is -2.74. The molecule has 0 aromatic heterocycles. The highest BCUT2D eigenvalue weighted by Crippen LogP contribution is 2.35. The number of para-hydroxylation sites is 2. The van der Waals surface area contributed by atoms with Crippen LogP contribution in [0.4, 0.5) is 11.4 Å². The molecule has 1 amide bonds. The van der Waals surface area contributed by atoms with Crippen molar-refractivity contribution in [3.05, 3.63) is 48.5 Å². The van der Waals surface area contributed by atoms with Crippen LogP contribution in [0.5, 0.6) is 11.5 Å². The molecule has 3 rings (SSSR count). The van der Waals surface area contributed by atoms with E-state index < -0.39 is 22.0 Å². The van der Waals surface area contributed by atoms with Crippen molar-refractivity contribution in [2.24, 2.45) is 0 Å². The molecule has 0 spiro atoms. The number of fused-ring (bicyclic) bond motifs is 1. The SMILES string of the molecule is CCOc1ccc(NC(=O)C2CN(S(=O)(=O)CC)c3ccccc3O2)cc1. The molecule has 2 aromatic rings. The third kappa shape index (κ3) is 4.16. The first kappa shape index (κ1) is 19.0. The first-order chi connectivity index (χ1) is 12.9. The maximum Gasteiger partial charge on any atom is 0.267 e. The average Bonchev–Trinajstić information content (AvgIpc) is 2.68. The summed E-state index contributed by atoms with van der Waals surface area (Å²) in [6, 6.07) is 13.8. The molecule has 7 nitrogen and oxygen atoms in total. The third-order valence-corrected chi connectivity index (χ3v) is 5.91. The monoisotopic (exact) mass is 390 g/mol. The highest BCUT2D eigenvalue weighted by molar-refractivity contribution is 7.92. The fourth-order valence-corrected chi connectivity index (χ4v) is 3.91. The lowest BCUT2D eigenvalue weighted by molar-refractivity contribution is -0.122. The highest BCUT2D eigenvalue weighted by atomic mass is 32.2. The molecule has 2 aromatic carbocycles. The molecule has 1 N–H and O–H groups in total. The molecule has 0 fully saturated rings. The normalized spacial score (nSPS) is 16.2. The zero-order valence-corrected chi connectivity index (χ0v) is 16.0. The van der Waals surface area contributed by atoms with Crippen LogP contribution in [0.3, 0.4) is 0 Å². The van der Waals surface area contributed by atoms with Gasteiger partial charge in [-0.1, -0.05) is 12.1 Å². The van der Waals surface area contributed by atoms with Crippen LogP contribution in [-0.4, -0.2) is 39.3 Å². The van der Waals surface area contributed by atoms with Gasteiger partial charge in [0.25, 0.3) is 5.91 Å². The predicted octanol–water partition coefficient (Wildman–Crippen LogP) is 2.64. The number of nitrogens with one attached hydrogen (secondary N) is 1. The number of amides is 1. The van der Waals surface area contributed by atoms with E-state index >= 15 is 0 Å². The van der Waals surface area contributed by atoms with E-state index in [2.05, 4.69) is 5.32 Å². The minimum Gasteiger partial charge on any atom is -0.494 e. The van der Waals surface area contributed by atoms with Crippen LogP contribution in [0.2, 0.25) is 0 Å². The molecule has 1 unspecified atom stereocenters. The quantitative estimate of drug-likeness (QED) is 0.820. The lowest BCUT2D eigenvalue weighted by Crippen LogP contribution is -2.49. The smallest absolute Gasteiger partial charge is 0.267 e. The molecule has 0 saturated carbocycles. The Morgan fingerprint density at radius 1 is 1.19 bits per heavy atom. The van der Waals surface area contributed by atoms with E-state index in [0.29, 0.717) is 29.5 Å². The second-order valence-corrected chi connectivity index (χ2v) is 8.13. The Bertz CT molecular complexity index is 912. The summed E-state index contributed by atoms with van der Waals surface area (Å²) in [5.74, 6) is 0.602. The maximum atomic E-state index is 12.7. The first-order valence-electron chi connectivity index (χ1n) is 8.74. The number of ether oxygens (including phenoxy) is 2. The summed E-state index contributed by atoms with van der Waals surface area (Å²) < 4.78 is 37.3. The van der Waals surface area contributed by atoms with Gasteiger partial charge >= 0.3 is 0 Å². The number of rotatable bonds is 6. The fourth-order valence-electron chi connectivity index (χ4n) is 2.78. The number of hydrogen-bond donors (Lipinski definition) is 1. The van der Waals surface area contributed by atoms with Gasteiger partial charge in [0.1, 0.15) is 11.5 Å². The molecule has 144 valence electrons. The lowest BCUT2D eigenvalue weighted by atomic mass is 10.2. The summed E-state index contributed by atoms with van der Waals surface area (Å²) in [5, 5.41) is 2.76. The molecule has 0 saturated heterocycles. The number of carbonyl (C=O) groups excluding carboxylic acids is 1. The molecule has 8 heteroatoms. The van der Waals surface area contributed by atoms with Crippen LogP contribution >= 0.6 is 0 Å². The molecule has 0 radical (unpaired) electrons. The average molecular weight is 390 g/mol. The van der Waals surface area contributed by atoms with E-state index in [1.165, 1.54) is 4.31 Å². The standard InChI is InChI=1S/C19H22N2O5S/c1-3-25-15-11-9-14(10-12-15)20-19(22)18-13-21(27(23,24)4-2)16-7-5-6-8-17(16)26-18/h5-12,18H,3-4,13H2,1-2H3,(H,20,22). The van der Waals surface area contributed by atoms with Crippen LogP contribution < -0.4 is 19.1 Å². The zero-order chi connectivity index (χ0) is 19.4. The Morgan fingerprint density at radius 2 is 1.89 bits per heavy atom. The summed E-state index contributed by atoms with van der Waals surface area (Å²) in [7, 11) is -3.53. The van der Waals surface area contributed by atoms with Crippen molar-refractivity contribution in [1.29, 1.82) is 0 Å². The van der Waals surface area contributed by atoms with Gasteiger partial charge in [-0.15, -0.1) is 0 Å². The van der Waals surface area contributed by atoms with Crippen molar-refractivity contribution in [2.75, 3.05) is 28.5 Å². The second-order valence-electron chi connectivity index (χ2n) is 5.95. The Balaban J connectivity index is 1.79. The summed E-state index contributed by atoms with van der Waals surface area (Å²) in [5.41, 5.74) is 1.03. The van der Waals surface area contributed by atoms with Crippen LogP contribution in [0, 0.1) is 0 Å². The van der Waals surface area contributed by atoms with Gasteiger partial charge in [0, 0.05) is 5.69 Å². The van der Waals surface area contributed by atoms with Gasteiger partial charge in [-0.05, 0) is 50.2 Å². The van der Waals surface area contributed by atoms with Gasteiger partial charge in [0.2, 0.25) is 10.0 Å². The van der Waals surface area contributed by atoms with Gasteiger partial charge in [0.05, 0.1) is 24.6 Å². The zero-order valence-electron chi connectivity index (χ0n) is 15.2. The number of sulfonamides is 1. The van der Waals surface area contributed by atoms with E-state index in [-0.39, 0.29) is 12.3 Å². The van der Waals surface area contributed by atoms with E-state index in [4.69, 9.17) is 9.47 Å². The van der Waals surface area contributed by atoms with Crippen LogP contribution in [0.25, 0.3) is 0 Å². The van der Waals surface area contributed by atoms with Crippen molar-refractivity contribution in [3.63, 3.8) is 0 Å². The van der Waals surface area contributed by atoms with Gasteiger partial charge in [-0.25, -0.2) is 8.42 Å². The second kappa shape index (κ2) is 7.87. The van der Waals surface area contributed by atoms with Crippen LogP contribution in [-0.2, 0) is 14.8 Å². The summed E-state index contributed by atoms with van der Waals surface area (Å²) in [4.78, 5) is 12.7. The molecule has 0 aliphatic carbocycles. The first-order valence-corrected chi connectivity index (χ1v) is 10.4. The topological polar surface area (TPSA) is 84.9 Å². The lowest BCUT2D eigenvalue weighted by Gasteiger charge is -2.34. The highest BCUT2D eigenvalue weighted by Gasteiger charge is 2.35. The van der Waals surface area contributed by atoms with Gasteiger partial charge < -0.3 is 14.8 Å². The predicted molar refractivity (Wildman–Crippen MR) is 104 cm³/mol. The Kier molecular flexibility index (Phi) is 5.55. The van der Waals surface area contributed by atoms with Crippen LogP contribution in [0.1, 0.15) is 13.8 Å². The minimum atomic E-state index is -3.53. The number of nitrogens with zero attached hydrogens (tertiary/aromatic N) is 1. The fraction of sp³-hybridized carbons (Fsp3) is 0.316. The number of hydrogen-bond acceptors (Lipinski definition) is 5. The van der Waals surface area contributed by atoms with E-state index in [0.717, 1.165) is 0 Å². The number of carbonyl (C=O) groups is 1. The van der Waals surface area contributed by atoms with Crippen molar-refractivity contribution < 1.29 is 22.7 Å². The van der Waals surface area contributed by atoms with Crippen molar-refractivity contribution in [3.8, 4) is 11.5 Å². The maximum absolute atomic E-state index is 12.7. The Labute approximate surface area is 158 Å². The Morgan fingerprint density at radius 3 is 2.56 bits per heavy atom. The van der Waals surface area contributed by atoms with Crippen molar-refractivity contribution in [2.45, 2.75) is 20.0 Å².